The van der Waals surface area contributed by atoms with Crippen LogP contribution in [-0.4, -0.2) is 34.8 Å². The number of carbonyl (C=O) groups excluding carboxylic acids is 1. The molecule has 2 aliphatic rings. The summed E-state index contributed by atoms with van der Waals surface area (Å²) in [5.74, 6) is 0.953. The number of benzene rings is 1. The van der Waals surface area contributed by atoms with E-state index in [0.29, 0.717) is 16.9 Å². The molecule has 0 aliphatic carbocycles. The minimum absolute atomic E-state index is 0.162. The number of hydrogen-bond donors (Lipinski definition) is 0. The summed E-state index contributed by atoms with van der Waals surface area (Å²) < 4.78 is 5.33. The van der Waals surface area contributed by atoms with E-state index in [2.05, 4.69) is 20.8 Å². The third-order valence-electron chi connectivity index (χ3n) is 4.57. The molecule has 0 N–H and O–H groups in total. The molecular weight excluding hydrogens is 318 g/mol. The maximum Gasteiger partial charge on any atom is 0.254 e. The molecule has 1 amide bonds. The first-order valence-electron chi connectivity index (χ1n) is 7.21. The van der Waals surface area contributed by atoms with Crippen molar-refractivity contribution < 1.29 is 9.53 Å². The molecule has 0 radical (unpaired) electrons. The summed E-state index contributed by atoms with van der Waals surface area (Å²) in [7, 11) is 1.65. The fraction of sp³-hybridized carbons (Fsp3) is 0.562. The second kappa shape index (κ2) is 5.40. The Bertz CT molecular complexity index is 517. The molecule has 0 aromatic heterocycles. The lowest BCUT2D eigenvalue weighted by Gasteiger charge is -2.37. The van der Waals surface area contributed by atoms with Gasteiger partial charge in [-0.2, -0.15) is 0 Å². The van der Waals surface area contributed by atoms with Gasteiger partial charge in [0, 0.05) is 22.5 Å². The average molecular weight is 338 g/mol. The first-order valence-corrected chi connectivity index (χ1v) is 8.13. The number of methoxy groups -OCH3 is 1. The van der Waals surface area contributed by atoms with Gasteiger partial charge in [0.1, 0.15) is 5.75 Å². The number of rotatable bonds is 2. The normalized spacial score (nSPS) is 28.6. The van der Waals surface area contributed by atoms with Gasteiger partial charge in [0.2, 0.25) is 0 Å². The summed E-state index contributed by atoms with van der Waals surface area (Å²) in [4.78, 5) is 15.5. The monoisotopic (exact) mass is 337 g/mol. The predicted octanol–water partition coefficient (Wildman–Crippen LogP) is 3.53. The predicted molar refractivity (Wildman–Crippen MR) is 82.7 cm³/mol. The standard InChI is InChI=1S/C16H20BrNO2/c1-10-3-4-11(7-15(10)20-2)16(19)18-13-5-6-14(18)9-12(17)8-13/h3-4,7,12-14H,5-6,8-9H2,1-2H3. The van der Waals surface area contributed by atoms with E-state index in [9.17, 15) is 4.79 Å². The zero-order chi connectivity index (χ0) is 14.3. The number of carbonyl (C=O) groups is 1. The Morgan fingerprint density at radius 1 is 1.30 bits per heavy atom. The van der Waals surface area contributed by atoms with Crippen LogP contribution in [0.1, 0.15) is 41.6 Å². The van der Waals surface area contributed by atoms with Crippen LogP contribution in [0.4, 0.5) is 0 Å². The van der Waals surface area contributed by atoms with Gasteiger partial charge in [-0.3, -0.25) is 4.79 Å². The first-order chi connectivity index (χ1) is 9.60. The average Bonchev–Trinajstić information content (AvgIpc) is 2.70. The molecule has 4 heteroatoms. The largest absolute Gasteiger partial charge is 0.496 e. The van der Waals surface area contributed by atoms with Crippen molar-refractivity contribution in [2.24, 2.45) is 0 Å². The van der Waals surface area contributed by atoms with Crippen LogP contribution in [0.3, 0.4) is 0 Å². The molecule has 3 rings (SSSR count). The number of halogens is 1. The van der Waals surface area contributed by atoms with Crippen molar-refractivity contribution in [1.29, 1.82) is 0 Å². The Morgan fingerprint density at radius 3 is 2.55 bits per heavy atom. The number of alkyl halides is 1. The molecule has 2 heterocycles. The highest BCUT2D eigenvalue weighted by Gasteiger charge is 2.42. The highest BCUT2D eigenvalue weighted by Crippen LogP contribution is 2.39. The number of ether oxygens (including phenoxy) is 1. The molecule has 2 aliphatic heterocycles. The van der Waals surface area contributed by atoms with Crippen molar-refractivity contribution >= 4 is 21.8 Å². The van der Waals surface area contributed by atoms with Crippen LogP contribution in [-0.2, 0) is 0 Å². The van der Waals surface area contributed by atoms with E-state index in [4.69, 9.17) is 4.74 Å². The van der Waals surface area contributed by atoms with Gasteiger partial charge in [-0.1, -0.05) is 22.0 Å². The topological polar surface area (TPSA) is 29.5 Å². The fourth-order valence-electron chi connectivity index (χ4n) is 3.54. The van der Waals surface area contributed by atoms with Gasteiger partial charge in [0.15, 0.2) is 0 Å². The lowest BCUT2D eigenvalue weighted by Crippen LogP contribution is -2.46. The molecule has 108 valence electrons. The maximum absolute atomic E-state index is 12.8. The van der Waals surface area contributed by atoms with Gasteiger partial charge in [0.25, 0.3) is 5.91 Å². The summed E-state index contributed by atoms with van der Waals surface area (Å²) in [6, 6.07) is 6.55. The molecule has 2 atom stereocenters. The molecular formula is C16H20BrNO2. The lowest BCUT2D eigenvalue weighted by molar-refractivity contribution is 0.0603. The molecule has 2 fully saturated rings. The van der Waals surface area contributed by atoms with Gasteiger partial charge < -0.3 is 9.64 Å². The molecule has 1 aromatic rings. The number of nitrogens with zero attached hydrogens (tertiary/aromatic N) is 1. The highest BCUT2D eigenvalue weighted by molar-refractivity contribution is 9.09. The van der Waals surface area contributed by atoms with Gasteiger partial charge in [-0.05, 0) is 50.3 Å². The third kappa shape index (κ3) is 2.34. The minimum atomic E-state index is 0.162. The summed E-state index contributed by atoms with van der Waals surface area (Å²) in [5, 5.41) is 0. The van der Waals surface area contributed by atoms with Crippen LogP contribution in [0.25, 0.3) is 0 Å². The molecule has 2 bridgehead atoms. The van der Waals surface area contributed by atoms with E-state index in [0.717, 1.165) is 42.6 Å². The van der Waals surface area contributed by atoms with Crippen molar-refractivity contribution in [1.82, 2.24) is 4.90 Å². The number of amides is 1. The summed E-state index contributed by atoms with van der Waals surface area (Å²) >= 11 is 3.72. The molecule has 2 unspecified atom stereocenters. The zero-order valence-corrected chi connectivity index (χ0v) is 13.5. The van der Waals surface area contributed by atoms with E-state index in [1.165, 1.54) is 0 Å². The molecule has 3 nitrogen and oxygen atoms in total. The molecule has 0 saturated carbocycles. The number of piperidine rings is 1. The van der Waals surface area contributed by atoms with Crippen LogP contribution in [0, 0.1) is 6.92 Å². The second-order valence-corrected chi connectivity index (χ2v) is 7.15. The van der Waals surface area contributed by atoms with E-state index in [1.54, 1.807) is 7.11 Å². The molecule has 0 spiro atoms. The minimum Gasteiger partial charge on any atom is -0.496 e. The zero-order valence-electron chi connectivity index (χ0n) is 11.9. The number of aryl methyl sites for hydroxylation is 1. The fourth-order valence-corrected chi connectivity index (χ4v) is 4.41. The Balaban J connectivity index is 1.86. The van der Waals surface area contributed by atoms with Crippen molar-refractivity contribution in [3.8, 4) is 5.75 Å². The quantitative estimate of drug-likeness (QED) is 0.772. The van der Waals surface area contributed by atoms with Gasteiger partial charge in [0.05, 0.1) is 7.11 Å². The van der Waals surface area contributed by atoms with Crippen molar-refractivity contribution in [2.75, 3.05) is 7.11 Å². The van der Waals surface area contributed by atoms with Gasteiger partial charge >= 0.3 is 0 Å². The molecule has 1 aromatic carbocycles. The number of hydrogen-bond acceptors (Lipinski definition) is 2. The second-order valence-electron chi connectivity index (χ2n) is 5.85. The Kier molecular flexibility index (Phi) is 3.76. The lowest BCUT2D eigenvalue weighted by atomic mass is 10.0. The van der Waals surface area contributed by atoms with Crippen molar-refractivity contribution in [3.63, 3.8) is 0 Å². The summed E-state index contributed by atoms with van der Waals surface area (Å²) in [6.07, 6.45) is 4.43. The van der Waals surface area contributed by atoms with Crippen molar-refractivity contribution in [2.45, 2.75) is 49.5 Å². The van der Waals surface area contributed by atoms with E-state index >= 15 is 0 Å². The Morgan fingerprint density at radius 2 is 1.95 bits per heavy atom. The summed E-state index contributed by atoms with van der Waals surface area (Å²) in [5.41, 5.74) is 1.81. The first kappa shape index (κ1) is 13.9. The van der Waals surface area contributed by atoms with Crippen molar-refractivity contribution in [3.05, 3.63) is 29.3 Å². The van der Waals surface area contributed by atoms with Crippen LogP contribution in [0.15, 0.2) is 18.2 Å². The van der Waals surface area contributed by atoms with E-state index in [1.807, 2.05) is 25.1 Å². The molecule has 2 saturated heterocycles. The third-order valence-corrected chi connectivity index (χ3v) is 5.31. The van der Waals surface area contributed by atoms with Crippen LogP contribution < -0.4 is 4.74 Å². The highest BCUT2D eigenvalue weighted by atomic mass is 79.9. The Hall–Kier alpha value is -1.03. The molecule has 20 heavy (non-hydrogen) atoms. The SMILES string of the molecule is COc1cc(C(=O)N2C3CCC2CC(Br)C3)ccc1C. The number of fused-ring (bicyclic) bond motifs is 2. The van der Waals surface area contributed by atoms with Gasteiger partial charge in [-0.25, -0.2) is 0 Å². The summed E-state index contributed by atoms with van der Waals surface area (Å²) in [6.45, 7) is 1.99. The van der Waals surface area contributed by atoms with E-state index in [-0.39, 0.29) is 5.91 Å². The Labute approximate surface area is 128 Å². The van der Waals surface area contributed by atoms with Crippen LogP contribution >= 0.6 is 15.9 Å². The van der Waals surface area contributed by atoms with Gasteiger partial charge in [-0.15, -0.1) is 0 Å². The smallest absolute Gasteiger partial charge is 0.254 e. The van der Waals surface area contributed by atoms with Crippen LogP contribution in [0.2, 0.25) is 0 Å². The van der Waals surface area contributed by atoms with Crippen LogP contribution in [0.5, 0.6) is 5.75 Å². The van der Waals surface area contributed by atoms with E-state index < -0.39 is 0 Å². The maximum atomic E-state index is 12.8.